The first-order valence-corrected chi connectivity index (χ1v) is 9.35. The lowest BCUT2D eigenvalue weighted by Crippen LogP contribution is -2.34. The molecule has 1 saturated heterocycles. The van der Waals surface area contributed by atoms with Gasteiger partial charge in [-0.1, -0.05) is 6.07 Å². The number of anilines is 1. The second-order valence-corrected chi connectivity index (χ2v) is 8.27. The van der Waals surface area contributed by atoms with Crippen LogP contribution < -0.4 is 10.6 Å². The van der Waals surface area contributed by atoms with E-state index in [-0.39, 0.29) is 11.0 Å². The van der Waals surface area contributed by atoms with E-state index in [9.17, 15) is 8.42 Å². The van der Waals surface area contributed by atoms with E-state index in [1.54, 1.807) is 19.1 Å². The molecule has 1 aromatic carbocycles. The molecular formula is C15H23N3O3S2. The molecule has 8 heteroatoms. The lowest BCUT2D eigenvalue weighted by molar-refractivity contribution is 0.114. The largest absolute Gasteiger partial charge is 0.376 e. The number of benzene rings is 1. The smallest absolute Gasteiger partial charge is 0.242 e. The first-order valence-electron chi connectivity index (χ1n) is 7.50. The first kappa shape index (κ1) is 18.1. The summed E-state index contributed by atoms with van der Waals surface area (Å²) < 4.78 is 31.4. The summed E-state index contributed by atoms with van der Waals surface area (Å²) in [6.45, 7) is 3.23. The third-order valence-corrected chi connectivity index (χ3v) is 5.92. The molecule has 1 atom stereocenters. The topological polar surface area (TPSA) is 70.7 Å². The quantitative estimate of drug-likeness (QED) is 0.782. The van der Waals surface area contributed by atoms with Gasteiger partial charge in [-0.2, -0.15) is 0 Å². The van der Waals surface area contributed by atoms with Crippen molar-refractivity contribution < 1.29 is 13.2 Å². The predicted molar refractivity (Wildman–Crippen MR) is 95.2 cm³/mol. The molecule has 0 aromatic heterocycles. The zero-order chi connectivity index (χ0) is 17.0. The zero-order valence-electron chi connectivity index (χ0n) is 13.6. The van der Waals surface area contributed by atoms with E-state index >= 15 is 0 Å². The fraction of sp³-hybridized carbons (Fsp3) is 0.533. The molecule has 1 aromatic rings. The van der Waals surface area contributed by atoms with Gasteiger partial charge in [-0.05, 0) is 49.7 Å². The van der Waals surface area contributed by atoms with Gasteiger partial charge in [-0.15, -0.1) is 0 Å². The molecule has 1 aliphatic rings. The van der Waals surface area contributed by atoms with Crippen molar-refractivity contribution in [2.24, 2.45) is 0 Å². The SMILES string of the molecule is Cc1ccc(NC(=S)NC[C@H]2CCCO2)cc1S(=O)(=O)N(C)C. The average Bonchev–Trinajstić information content (AvgIpc) is 3.00. The van der Waals surface area contributed by atoms with E-state index in [4.69, 9.17) is 17.0 Å². The van der Waals surface area contributed by atoms with Crippen LogP contribution in [-0.2, 0) is 14.8 Å². The van der Waals surface area contributed by atoms with Gasteiger partial charge in [0.25, 0.3) is 0 Å². The lowest BCUT2D eigenvalue weighted by atomic mass is 10.2. The highest BCUT2D eigenvalue weighted by atomic mass is 32.2. The van der Waals surface area contributed by atoms with Gasteiger partial charge in [0.2, 0.25) is 10.0 Å². The predicted octanol–water partition coefficient (Wildman–Crippen LogP) is 1.71. The minimum atomic E-state index is -3.48. The molecule has 1 fully saturated rings. The van der Waals surface area contributed by atoms with E-state index < -0.39 is 10.0 Å². The number of nitrogens with one attached hydrogen (secondary N) is 2. The van der Waals surface area contributed by atoms with E-state index in [2.05, 4.69) is 10.6 Å². The van der Waals surface area contributed by atoms with Crippen molar-refractivity contribution in [1.82, 2.24) is 9.62 Å². The molecule has 0 saturated carbocycles. The number of hydrogen-bond acceptors (Lipinski definition) is 4. The van der Waals surface area contributed by atoms with Crippen LogP contribution in [0.5, 0.6) is 0 Å². The van der Waals surface area contributed by atoms with Crippen LogP contribution in [0.25, 0.3) is 0 Å². The number of nitrogens with zero attached hydrogens (tertiary/aromatic N) is 1. The van der Waals surface area contributed by atoms with Gasteiger partial charge < -0.3 is 15.4 Å². The standard InChI is InChI=1S/C15H23N3O3S2/c1-11-6-7-12(9-14(11)23(19,20)18(2)3)17-15(22)16-10-13-5-4-8-21-13/h6-7,9,13H,4-5,8,10H2,1-3H3,(H2,16,17,22)/t13-/m1/s1. The molecule has 6 nitrogen and oxygen atoms in total. The maximum atomic E-state index is 12.3. The highest BCUT2D eigenvalue weighted by Gasteiger charge is 2.20. The fourth-order valence-corrected chi connectivity index (χ4v) is 3.68. The summed E-state index contributed by atoms with van der Waals surface area (Å²) in [5.41, 5.74) is 1.34. The van der Waals surface area contributed by atoms with Crippen molar-refractivity contribution in [2.45, 2.75) is 30.8 Å². The number of rotatable bonds is 5. The number of sulfonamides is 1. The zero-order valence-corrected chi connectivity index (χ0v) is 15.3. The van der Waals surface area contributed by atoms with E-state index in [0.29, 0.717) is 22.9 Å². The van der Waals surface area contributed by atoms with Gasteiger partial charge in [0.15, 0.2) is 5.11 Å². The Balaban J connectivity index is 2.04. The van der Waals surface area contributed by atoms with Crippen LogP contribution >= 0.6 is 12.2 Å². The first-order chi connectivity index (χ1) is 10.8. The van der Waals surface area contributed by atoms with Gasteiger partial charge in [0, 0.05) is 32.9 Å². The molecule has 23 heavy (non-hydrogen) atoms. The number of thiocarbonyl (C=S) groups is 1. The Labute approximate surface area is 143 Å². The van der Waals surface area contributed by atoms with Crippen LogP contribution in [0, 0.1) is 6.92 Å². The Morgan fingerprint density at radius 2 is 2.17 bits per heavy atom. The number of ether oxygens (including phenoxy) is 1. The molecule has 0 radical (unpaired) electrons. The third kappa shape index (κ3) is 4.63. The minimum Gasteiger partial charge on any atom is -0.376 e. The Kier molecular flexibility index (Phi) is 5.96. The molecular weight excluding hydrogens is 334 g/mol. The molecule has 0 spiro atoms. The Morgan fingerprint density at radius 1 is 1.43 bits per heavy atom. The molecule has 0 bridgehead atoms. The Bertz CT molecular complexity index is 669. The fourth-order valence-electron chi connectivity index (χ4n) is 2.34. The van der Waals surface area contributed by atoms with Gasteiger partial charge >= 0.3 is 0 Å². The summed E-state index contributed by atoms with van der Waals surface area (Å²) in [6, 6.07) is 5.18. The van der Waals surface area contributed by atoms with Crippen molar-refractivity contribution in [1.29, 1.82) is 0 Å². The van der Waals surface area contributed by atoms with Crippen molar-refractivity contribution >= 4 is 33.0 Å². The summed E-state index contributed by atoms with van der Waals surface area (Å²) in [4.78, 5) is 0.273. The molecule has 128 valence electrons. The number of hydrogen-bond donors (Lipinski definition) is 2. The van der Waals surface area contributed by atoms with Gasteiger partial charge in [0.05, 0.1) is 11.0 Å². The highest BCUT2D eigenvalue weighted by molar-refractivity contribution is 7.89. The van der Waals surface area contributed by atoms with Crippen LogP contribution in [0.15, 0.2) is 23.1 Å². The van der Waals surface area contributed by atoms with E-state index in [1.165, 1.54) is 18.4 Å². The van der Waals surface area contributed by atoms with E-state index in [0.717, 1.165) is 19.4 Å². The summed E-state index contributed by atoms with van der Waals surface area (Å²) in [5.74, 6) is 0. The summed E-state index contributed by atoms with van der Waals surface area (Å²) in [7, 11) is -0.449. The van der Waals surface area contributed by atoms with Crippen molar-refractivity contribution in [2.75, 3.05) is 32.6 Å². The monoisotopic (exact) mass is 357 g/mol. The maximum absolute atomic E-state index is 12.3. The molecule has 2 N–H and O–H groups in total. The molecule has 1 heterocycles. The molecule has 2 rings (SSSR count). The molecule has 0 amide bonds. The van der Waals surface area contributed by atoms with Crippen molar-refractivity contribution in [3.63, 3.8) is 0 Å². The maximum Gasteiger partial charge on any atom is 0.242 e. The summed E-state index contributed by atoms with van der Waals surface area (Å²) in [5, 5.41) is 6.59. The van der Waals surface area contributed by atoms with Crippen LogP contribution in [0.4, 0.5) is 5.69 Å². The molecule has 1 aliphatic heterocycles. The lowest BCUT2D eigenvalue weighted by Gasteiger charge is -2.17. The summed E-state index contributed by atoms with van der Waals surface area (Å²) >= 11 is 5.25. The van der Waals surface area contributed by atoms with Crippen LogP contribution in [0.1, 0.15) is 18.4 Å². The molecule has 0 unspecified atom stereocenters. The van der Waals surface area contributed by atoms with Gasteiger partial charge in [-0.3, -0.25) is 0 Å². The molecule has 0 aliphatic carbocycles. The minimum absolute atomic E-state index is 0.192. The second-order valence-electron chi connectivity index (χ2n) is 5.74. The van der Waals surface area contributed by atoms with Crippen molar-refractivity contribution in [3.8, 4) is 0 Å². The van der Waals surface area contributed by atoms with E-state index in [1.807, 2.05) is 6.07 Å². The van der Waals surface area contributed by atoms with Crippen LogP contribution in [0.3, 0.4) is 0 Å². The van der Waals surface area contributed by atoms with Gasteiger partial charge in [0.1, 0.15) is 0 Å². The number of aryl methyl sites for hydroxylation is 1. The average molecular weight is 358 g/mol. The van der Waals surface area contributed by atoms with Crippen LogP contribution in [-0.4, -0.2) is 51.2 Å². The Hall–Kier alpha value is -1.22. The van der Waals surface area contributed by atoms with Crippen LogP contribution in [0.2, 0.25) is 0 Å². The Morgan fingerprint density at radius 3 is 2.78 bits per heavy atom. The second kappa shape index (κ2) is 7.57. The highest BCUT2D eigenvalue weighted by Crippen LogP contribution is 2.22. The third-order valence-electron chi connectivity index (χ3n) is 3.72. The van der Waals surface area contributed by atoms with Gasteiger partial charge in [-0.25, -0.2) is 12.7 Å². The van der Waals surface area contributed by atoms with Crippen molar-refractivity contribution in [3.05, 3.63) is 23.8 Å². The summed E-state index contributed by atoms with van der Waals surface area (Å²) in [6.07, 6.45) is 2.30. The normalized spacial score (nSPS) is 18.2.